The van der Waals surface area contributed by atoms with Gasteiger partial charge in [-0.1, -0.05) is 6.07 Å². The van der Waals surface area contributed by atoms with Crippen molar-refractivity contribution >= 4 is 29.0 Å². The Balaban J connectivity index is 1.16. The Kier molecular flexibility index (Phi) is 5.58. The van der Waals surface area contributed by atoms with Gasteiger partial charge in [0.2, 0.25) is 0 Å². The zero-order valence-corrected chi connectivity index (χ0v) is 17.9. The van der Waals surface area contributed by atoms with E-state index in [9.17, 15) is 4.79 Å². The second kappa shape index (κ2) is 8.81. The fraction of sp³-hybridized carbons (Fsp3) is 0.208. The minimum Gasteiger partial charge on any atom is -0.368 e. The average molecular weight is 430 g/mol. The number of piperazine rings is 1. The quantitative estimate of drug-likeness (QED) is 0.449. The molecule has 0 N–H and O–H groups in total. The van der Waals surface area contributed by atoms with E-state index in [0.29, 0.717) is 0 Å². The number of aromatic nitrogens is 3. The second-order valence-electron chi connectivity index (χ2n) is 7.50. The highest BCUT2D eigenvalue weighted by molar-refractivity contribution is 7.98. The van der Waals surface area contributed by atoms with Crippen molar-refractivity contribution in [2.45, 2.75) is 10.6 Å². The van der Waals surface area contributed by atoms with E-state index in [4.69, 9.17) is 0 Å². The van der Waals surface area contributed by atoms with Gasteiger partial charge in [-0.05, 0) is 48.5 Å². The van der Waals surface area contributed by atoms with E-state index < -0.39 is 0 Å². The van der Waals surface area contributed by atoms with Gasteiger partial charge in [-0.2, -0.15) is 0 Å². The number of nitrogens with zero attached hydrogens (tertiary/aromatic N) is 5. The molecule has 6 nitrogen and oxygen atoms in total. The molecule has 3 aromatic heterocycles. The smallest absolute Gasteiger partial charge is 0.253 e. The number of amides is 1. The molecule has 1 aliphatic rings. The molecule has 5 rings (SSSR count). The number of thioether (sulfide) groups is 1. The van der Waals surface area contributed by atoms with Gasteiger partial charge in [-0.15, -0.1) is 11.8 Å². The Morgan fingerprint density at radius 3 is 2.45 bits per heavy atom. The van der Waals surface area contributed by atoms with Crippen LogP contribution >= 0.6 is 11.8 Å². The Hall–Kier alpha value is -3.32. The summed E-state index contributed by atoms with van der Waals surface area (Å²) in [6.45, 7) is 3.13. The lowest BCUT2D eigenvalue weighted by molar-refractivity contribution is 0.0746. The molecule has 0 bridgehead atoms. The standard InChI is InChI=1S/C24H23N5OS/c30-24(28-15-13-27(14-16-28)21-8-10-25-11-9-21)19-4-6-22(7-5-19)31-18-20-17-29-12-2-1-3-23(29)26-20/h1-12,17H,13-16,18H2. The lowest BCUT2D eigenvalue weighted by Crippen LogP contribution is -2.48. The largest absolute Gasteiger partial charge is 0.368 e. The van der Waals surface area contributed by atoms with Crippen LogP contribution in [0.3, 0.4) is 0 Å². The van der Waals surface area contributed by atoms with Gasteiger partial charge in [-0.3, -0.25) is 9.78 Å². The van der Waals surface area contributed by atoms with E-state index in [1.165, 1.54) is 0 Å². The lowest BCUT2D eigenvalue weighted by Gasteiger charge is -2.36. The molecular weight excluding hydrogens is 406 g/mol. The molecule has 1 fully saturated rings. The van der Waals surface area contributed by atoms with Crippen LogP contribution in [0.4, 0.5) is 5.69 Å². The molecular formula is C24H23N5OS. The fourth-order valence-electron chi connectivity index (χ4n) is 3.81. The summed E-state index contributed by atoms with van der Waals surface area (Å²) in [5, 5.41) is 0. The highest BCUT2D eigenvalue weighted by Gasteiger charge is 2.22. The molecule has 0 atom stereocenters. The summed E-state index contributed by atoms with van der Waals surface area (Å²) in [4.78, 5) is 27.0. The summed E-state index contributed by atoms with van der Waals surface area (Å²) in [6, 6.07) is 18.0. The van der Waals surface area contributed by atoms with E-state index in [1.807, 2.05) is 70.1 Å². The number of hydrogen-bond donors (Lipinski definition) is 0. The zero-order chi connectivity index (χ0) is 21.0. The van der Waals surface area contributed by atoms with Crippen LogP contribution in [-0.2, 0) is 5.75 Å². The van der Waals surface area contributed by atoms with Crippen molar-refractivity contribution in [2.24, 2.45) is 0 Å². The maximum atomic E-state index is 12.9. The number of carbonyl (C=O) groups excluding carboxylic acids is 1. The predicted octanol–water partition coefficient (Wildman–Crippen LogP) is 3.98. The van der Waals surface area contributed by atoms with Crippen molar-refractivity contribution in [3.05, 3.63) is 90.6 Å². The third kappa shape index (κ3) is 4.41. The Labute approximate surface area is 185 Å². The topological polar surface area (TPSA) is 53.7 Å². The Bertz CT molecular complexity index is 1130. The molecule has 0 saturated carbocycles. The average Bonchev–Trinajstić information content (AvgIpc) is 3.26. The number of pyridine rings is 2. The summed E-state index contributed by atoms with van der Waals surface area (Å²) in [7, 11) is 0. The van der Waals surface area contributed by atoms with Gasteiger partial charge in [0.05, 0.1) is 5.69 Å². The second-order valence-corrected chi connectivity index (χ2v) is 8.54. The van der Waals surface area contributed by atoms with Crippen molar-refractivity contribution in [3.63, 3.8) is 0 Å². The SMILES string of the molecule is O=C(c1ccc(SCc2cn3ccccc3n2)cc1)N1CCN(c2ccncc2)CC1. The summed E-state index contributed by atoms with van der Waals surface area (Å²) in [5.74, 6) is 0.901. The van der Waals surface area contributed by atoms with Crippen LogP contribution in [-0.4, -0.2) is 51.4 Å². The van der Waals surface area contributed by atoms with Gasteiger partial charge in [-0.25, -0.2) is 4.98 Å². The van der Waals surface area contributed by atoms with E-state index in [0.717, 1.165) is 59.4 Å². The minimum absolute atomic E-state index is 0.103. The van der Waals surface area contributed by atoms with Crippen LogP contribution in [0.25, 0.3) is 5.65 Å². The van der Waals surface area contributed by atoms with Gasteiger partial charge in [0, 0.05) is 72.9 Å². The normalized spacial score (nSPS) is 14.2. The first-order valence-corrected chi connectivity index (χ1v) is 11.3. The van der Waals surface area contributed by atoms with Gasteiger partial charge < -0.3 is 14.2 Å². The first kappa shape index (κ1) is 19.6. The van der Waals surface area contributed by atoms with Crippen molar-refractivity contribution in [1.82, 2.24) is 19.3 Å². The molecule has 0 spiro atoms. The van der Waals surface area contributed by atoms with E-state index in [2.05, 4.69) is 21.1 Å². The number of fused-ring (bicyclic) bond motifs is 1. The zero-order valence-electron chi connectivity index (χ0n) is 17.1. The number of rotatable bonds is 5. The molecule has 1 saturated heterocycles. The summed E-state index contributed by atoms with van der Waals surface area (Å²) in [6.07, 6.45) is 7.68. The molecule has 156 valence electrons. The van der Waals surface area contributed by atoms with Gasteiger partial charge >= 0.3 is 0 Å². The first-order chi connectivity index (χ1) is 15.3. The highest BCUT2D eigenvalue weighted by atomic mass is 32.2. The monoisotopic (exact) mass is 429 g/mol. The summed E-state index contributed by atoms with van der Waals surface area (Å²) < 4.78 is 2.03. The van der Waals surface area contributed by atoms with E-state index in [1.54, 1.807) is 24.2 Å². The Morgan fingerprint density at radius 2 is 1.71 bits per heavy atom. The molecule has 1 aliphatic heterocycles. The van der Waals surface area contributed by atoms with Crippen LogP contribution in [0.5, 0.6) is 0 Å². The summed E-state index contributed by atoms with van der Waals surface area (Å²) >= 11 is 1.73. The third-order valence-electron chi connectivity index (χ3n) is 5.50. The fourth-order valence-corrected chi connectivity index (χ4v) is 4.60. The molecule has 31 heavy (non-hydrogen) atoms. The maximum Gasteiger partial charge on any atom is 0.253 e. The first-order valence-electron chi connectivity index (χ1n) is 10.4. The number of benzene rings is 1. The van der Waals surface area contributed by atoms with Crippen molar-refractivity contribution in [2.75, 3.05) is 31.1 Å². The molecule has 4 aromatic rings. The van der Waals surface area contributed by atoms with Crippen LogP contribution < -0.4 is 4.90 Å². The number of anilines is 1. The Morgan fingerprint density at radius 1 is 0.935 bits per heavy atom. The van der Waals surface area contributed by atoms with Crippen LogP contribution in [0.15, 0.2) is 84.3 Å². The van der Waals surface area contributed by atoms with Crippen LogP contribution in [0.1, 0.15) is 16.1 Å². The predicted molar refractivity (Wildman–Crippen MR) is 124 cm³/mol. The molecule has 7 heteroatoms. The van der Waals surface area contributed by atoms with Crippen LogP contribution in [0.2, 0.25) is 0 Å². The number of carbonyl (C=O) groups is 1. The molecule has 4 heterocycles. The van der Waals surface area contributed by atoms with E-state index in [-0.39, 0.29) is 5.91 Å². The van der Waals surface area contributed by atoms with Gasteiger partial charge in [0.1, 0.15) is 5.65 Å². The molecule has 1 amide bonds. The van der Waals surface area contributed by atoms with Crippen molar-refractivity contribution < 1.29 is 4.79 Å². The number of imidazole rings is 1. The van der Waals surface area contributed by atoms with Crippen molar-refractivity contribution in [3.8, 4) is 0 Å². The minimum atomic E-state index is 0.103. The van der Waals surface area contributed by atoms with Gasteiger partial charge in [0.25, 0.3) is 5.91 Å². The third-order valence-corrected chi connectivity index (χ3v) is 6.54. The number of hydrogen-bond acceptors (Lipinski definition) is 5. The highest BCUT2D eigenvalue weighted by Crippen LogP contribution is 2.24. The molecule has 0 unspecified atom stereocenters. The molecule has 0 aliphatic carbocycles. The maximum absolute atomic E-state index is 12.9. The lowest BCUT2D eigenvalue weighted by atomic mass is 10.2. The van der Waals surface area contributed by atoms with Gasteiger partial charge in [0.15, 0.2) is 0 Å². The van der Waals surface area contributed by atoms with Crippen LogP contribution in [0, 0.1) is 0 Å². The molecule has 1 aromatic carbocycles. The van der Waals surface area contributed by atoms with Crippen molar-refractivity contribution in [1.29, 1.82) is 0 Å². The summed E-state index contributed by atoms with van der Waals surface area (Å²) in [5.41, 5.74) is 3.91. The van der Waals surface area contributed by atoms with E-state index >= 15 is 0 Å². The molecule has 0 radical (unpaired) electrons.